The average molecular weight is 330 g/mol. The van der Waals surface area contributed by atoms with Crippen molar-refractivity contribution in [1.29, 1.82) is 0 Å². The molecule has 0 aliphatic rings. The van der Waals surface area contributed by atoms with E-state index in [1.807, 2.05) is 41.8 Å². The molecule has 22 heavy (non-hydrogen) atoms. The Bertz CT molecular complexity index is 794. The summed E-state index contributed by atoms with van der Waals surface area (Å²) >= 11 is 7.48. The van der Waals surface area contributed by atoms with Crippen LogP contribution in [0.25, 0.3) is 11.3 Å². The first-order valence-corrected chi connectivity index (χ1v) is 7.90. The van der Waals surface area contributed by atoms with Gasteiger partial charge in [-0.2, -0.15) is 0 Å². The minimum absolute atomic E-state index is 0.296. The van der Waals surface area contributed by atoms with Crippen molar-refractivity contribution in [1.82, 2.24) is 4.98 Å². The van der Waals surface area contributed by atoms with Crippen LogP contribution in [0.2, 0.25) is 5.02 Å². The molecule has 0 saturated heterocycles. The maximum Gasteiger partial charge on any atom is 0.335 e. The summed E-state index contributed by atoms with van der Waals surface area (Å²) in [6, 6.07) is 14.5. The van der Waals surface area contributed by atoms with Gasteiger partial charge in [0.05, 0.1) is 16.3 Å². The number of carboxylic acid groups (broad SMARTS) is 1. The van der Waals surface area contributed by atoms with Crippen molar-refractivity contribution < 1.29 is 9.90 Å². The van der Waals surface area contributed by atoms with Crippen LogP contribution in [0.5, 0.6) is 0 Å². The zero-order valence-corrected chi connectivity index (χ0v) is 13.1. The van der Waals surface area contributed by atoms with Gasteiger partial charge in [-0.3, -0.25) is 0 Å². The summed E-state index contributed by atoms with van der Waals surface area (Å²) in [7, 11) is 0. The SMILES string of the molecule is O=C(O)c1ccc(Cc2nc(-c3ccc(Cl)cc3)cs2)cc1. The molecule has 2 aromatic carbocycles. The summed E-state index contributed by atoms with van der Waals surface area (Å²) in [4.78, 5) is 15.5. The van der Waals surface area contributed by atoms with Crippen molar-refractivity contribution in [3.8, 4) is 11.3 Å². The second-order valence-corrected chi connectivity index (χ2v) is 6.19. The van der Waals surface area contributed by atoms with Gasteiger partial charge in [-0.05, 0) is 29.8 Å². The number of aromatic carboxylic acids is 1. The van der Waals surface area contributed by atoms with Crippen LogP contribution >= 0.6 is 22.9 Å². The molecule has 0 fully saturated rings. The Labute approximate surface area is 136 Å². The molecule has 0 radical (unpaired) electrons. The van der Waals surface area contributed by atoms with Crippen LogP contribution in [0.3, 0.4) is 0 Å². The van der Waals surface area contributed by atoms with Gasteiger partial charge in [0.2, 0.25) is 0 Å². The third-order valence-corrected chi connectivity index (χ3v) is 4.35. The molecule has 0 saturated carbocycles. The predicted octanol–water partition coefficient (Wildman–Crippen LogP) is 4.75. The van der Waals surface area contributed by atoms with Crippen LogP contribution in [-0.4, -0.2) is 16.1 Å². The number of rotatable bonds is 4. The Kier molecular flexibility index (Phi) is 4.22. The van der Waals surface area contributed by atoms with E-state index in [1.54, 1.807) is 23.5 Å². The van der Waals surface area contributed by atoms with E-state index < -0.39 is 5.97 Å². The van der Waals surface area contributed by atoms with Gasteiger partial charge in [0, 0.05) is 22.4 Å². The summed E-state index contributed by atoms with van der Waals surface area (Å²) in [5, 5.41) is 12.6. The topological polar surface area (TPSA) is 50.2 Å². The molecule has 110 valence electrons. The highest BCUT2D eigenvalue weighted by molar-refractivity contribution is 7.10. The van der Waals surface area contributed by atoms with Gasteiger partial charge in [0.1, 0.15) is 0 Å². The normalized spacial score (nSPS) is 10.6. The second kappa shape index (κ2) is 6.30. The summed E-state index contributed by atoms with van der Waals surface area (Å²) < 4.78 is 0. The number of thiazole rings is 1. The Hall–Kier alpha value is -2.17. The number of nitrogens with zero attached hydrogens (tertiary/aromatic N) is 1. The second-order valence-electron chi connectivity index (χ2n) is 4.81. The average Bonchev–Trinajstić information content (AvgIpc) is 2.97. The smallest absolute Gasteiger partial charge is 0.335 e. The van der Waals surface area contributed by atoms with E-state index in [1.165, 1.54) is 0 Å². The Balaban J connectivity index is 1.76. The highest BCUT2D eigenvalue weighted by Crippen LogP contribution is 2.24. The van der Waals surface area contributed by atoms with E-state index in [0.717, 1.165) is 21.8 Å². The predicted molar refractivity (Wildman–Crippen MR) is 88.8 cm³/mol. The molecule has 0 amide bonds. The molecule has 1 aromatic heterocycles. The summed E-state index contributed by atoms with van der Waals surface area (Å²) in [5.74, 6) is -0.911. The molecule has 0 spiro atoms. The number of hydrogen-bond donors (Lipinski definition) is 1. The van der Waals surface area contributed by atoms with Crippen LogP contribution in [0, 0.1) is 0 Å². The Morgan fingerprint density at radius 2 is 1.77 bits per heavy atom. The highest BCUT2D eigenvalue weighted by atomic mass is 35.5. The third kappa shape index (κ3) is 3.35. The highest BCUT2D eigenvalue weighted by Gasteiger charge is 2.07. The lowest BCUT2D eigenvalue weighted by atomic mass is 10.1. The van der Waals surface area contributed by atoms with Crippen molar-refractivity contribution in [2.75, 3.05) is 0 Å². The number of carboxylic acids is 1. The van der Waals surface area contributed by atoms with E-state index in [4.69, 9.17) is 16.7 Å². The molecular weight excluding hydrogens is 318 g/mol. The number of hydrogen-bond acceptors (Lipinski definition) is 3. The standard InChI is InChI=1S/C17H12ClNO2S/c18-14-7-5-12(6-8-14)15-10-22-16(19-15)9-11-1-3-13(4-2-11)17(20)21/h1-8,10H,9H2,(H,20,21). The van der Waals surface area contributed by atoms with Gasteiger partial charge in [-0.25, -0.2) is 9.78 Å². The number of halogens is 1. The van der Waals surface area contributed by atoms with E-state index >= 15 is 0 Å². The largest absolute Gasteiger partial charge is 0.478 e. The fourth-order valence-corrected chi connectivity index (χ4v) is 3.05. The first-order valence-electron chi connectivity index (χ1n) is 6.64. The molecule has 3 aromatic rings. The van der Waals surface area contributed by atoms with E-state index in [0.29, 0.717) is 17.0 Å². The fraction of sp³-hybridized carbons (Fsp3) is 0.0588. The van der Waals surface area contributed by atoms with Crippen molar-refractivity contribution in [3.63, 3.8) is 0 Å². The van der Waals surface area contributed by atoms with Gasteiger partial charge < -0.3 is 5.11 Å². The first-order chi connectivity index (χ1) is 10.6. The van der Waals surface area contributed by atoms with Crippen molar-refractivity contribution in [2.24, 2.45) is 0 Å². The molecule has 0 aliphatic carbocycles. The quantitative estimate of drug-likeness (QED) is 0.751. The minimum Gasteiger partial charge on any atom is -0.478 e. The van der Waals surface area contributed by atoms with Crippen LogP contribution in [0.4, 0.5) is 0 Å². The lowest BCUT2D eigenvalue weighted by Crippen LogP contribution is -1.96. The summed E-state index contributed by atoms with van der Waals surface area (Å²) in [5.41, 5.74) is 3.30. The molecule has 1 N–H and O–H groups in total. The number of carbonyl (C=O) groups is 1. The van der Waals surface area contributed by atoms with E-state index in [2.05, 4.69) is 4.98 Å². The van der Waals surface area contributed by atoms with Crippen LogP contribution < -0.4 is 0 Å². The maximum atomic E-state index is 10.8. The van der Waals surface area contributed by atoms with Gasteiger partial charge in [0.15, 0.2) is 0 Å². The van der Waals surface area contributed by atoms with Crippen molar-refractivity contribution in [2.45, 2.75) is 6.42 Å². The maximum absolute atomic E-state index is 10.8. The van der Waals surface area contributed by atoms with Gasteiger partial charge >= 0.3 is 5.97 Å². The van der Waals surface area contributed by atoms with Crippen LogP contribution in [-0.2, 0) is 6.42 Å². The lowest BCUT2D eigenvalue weighted by Gasteiger charge is -1.99. The van der Waals surface area contributed by atoms with Crippen molar-refractivity contribution in [3.05, 3.63) is 75.1 Å². The molecule has 0 bridgehead atoms. The first kappa shape index (κ1) is 14.8. The third-order valence-electron chi connectivity index (χ3n) is 3.25. The van der Waals surface area contributed by atoms with Gasteiger partial charge in [0.25, 0.3) is 0 Å². The molecule has 5 heteroatoms. The lowest BCUT2D eigenvalue weighted by molar-refractivity contribution is 0.0697. The Morgan fingerprint density at radius 1 is 1.09 bits per heavy atom. The van der Waals surface area contributed by atoms with E-state index in [-0.39, 0.29) is 0 Å². The monoisotopic (exact) mass is 329 g/mol. The minimum atomic E-state index is -0.911. The molecule has 3 nitrogen and oxygen atoms in total. The van der Waals surface area contributed by atoms with Gasteiger partial charge in [-0.1, -0.05) is 35.9 Å². The molecular formula is C17H12ClNO2S. The molecule has 3 rings (SSSR count). The van der Waals surface area contributed by atoms with Crippen LogP contribution in [0.15, 0.2) is 53.9 Å². The summed E-state index contributed by atoms with van der Waals surface area (Å²) in [6.45, 7) is 0. The van der Waals surface area contributed by atoms with Gasteiger partial charge in [-0.15, -0.1) is 11.3 Å². The number of benzene rings is 2. The Morgan fingerprint density at radius 3 is 2.41 bits per heavy atom. The molecule has 0 aliphatic heterocycles. The molecule has 0 atom stereocenters. The van der Waals surface area contributed by atoms with Crippen LogP contribution in [0.1, 0.15) is 20.9 Å². The zero-order chi connectivity index (χ0) is 15.5. The fourth-order valence-electron chi connectivity index (χ4n) is 2.09. The zero-order valence-electron chi connectivity index (χ0n) is 11.5. The molecule has 1 heterocycles. The number of aromatic nitrogens is 1. The van der Waals surface area contributed by atoms with Crippen molar-refractivity contribution >= 4 is 28.9 Å². The summed E-state index contributed by atoms with van der Waals surface area (Å²) in [6.07, 6.45) is 0.693. The van der Waals surface area contributed by atoms with E-state index in [9.17, 15) is 4.79 Å². The molecule has 0 unspecified atom stereocenters.